The number of aromatic amines is 1. The maximum absolute atomic E-state index is 13.1. The normalized spacial score (nSPS) is 11.0. The highest BCUT2D eigenvalue weighted by Crippen LogP contribution is 2.25. The molecule has 21 heavy (non-hydrogen) atoms. The Morgan fingerprint density at radius 1 is 1.38 bits per heavy atom. The number of rotatable bonds is 3. The summed E-state index contributed by atoms with van der Waals surface area (Å²) in [6.07, 6.45) is 0. The lowest BCUT2D eigenvalue weighted by molar-refractivity contribution is 0.294. The molecule has 3 aromatic rings. The number of halogens is 1. The highest BCUT2D eigenvalue weighted by atomic mass is 32.1. The quantitative estimate of drug-likeness (QED) is 0.807. The number of nitrogens with one attached hydrogen (secondary N) is 1. The largest absolute Gasteiger partial charge is 0.486 e. The number of ether oxygens (including phenoxy) is 1. The van der Waals surface area contributed by atoms with E-state index >= 15 is 0 Å². The van der Waals surface area contributed by atoms with Crippen LogP contribution in [0.15, 0.2) is 29.1 Å². The molecule has 0 spiro atoms. The van der Waals surface area contributed by atoms with E-state index in [1.807, 2.05) is 13.8 Å². The second kappa shape index (κ2) is 5.29. The van der Waals surface area contributed by atoms with Crippen molar-refractivity contribution in [1.29, 1.82) is 0 Å². The Hall–Kier alpha value is -2.21. The number of benzene rings is 1. The van der Waals surface area contributed by atoms with Gasteiger partial charge in [-0.15, -0.1) is 11.3 Å². The van der Waals surface area contributed by atoms with Crippen LogP contribution < -0.4 is 10.3 Å². The number of aryl methyl sites for hydroxylation is 2. The minimum atomic E-state index is -0.367. The molecule has 0 saturated heterocycles. The molecule has 3 rings (SSSR count). The fourth-order valence-electron chi connectivity index (χ4n) is 2.08. The summed E-state index contributed by atoms with van der Waals surface area (Å²) in [6.45, 7) is 3.96. The zero-order valence-corrected chi connectivity index (χ0v) is 12.4. The fourth-order valence-corrected chi connectivity index (χ4v) is 3.12. The van der Waals surface area contributed by atoms with Gasteiger partial charge in [0.25, 0.3) is 5.56 Å². The average molecular weight is 304 g/mol. The molecule has 108 valence electrons. The summed E-state index contributed by atoms with van der Waals surface area (Å²) in [6, 6.07) is 5.85. The topological polar surface area (TPSA) is 55.0 Å². The summed E-state index contributed by atoms with van der Waals surface area (Å²) >= 11 is 1.48. The van der Waals surface area contributed by atoms with Gasteiger partial charge in [0, 0.05) is 10.9 Å². The molecule has 0 unspecified atom stereocenters. The van der Waals surface area contributed by atoms with Gasteiger partial charge in [-0.3, -0.25) is 4.79 Å². The van der Waals surface area contributed by atoms with E-state index in [1.165, 1.54) is 23.5 Å². The van der Waals surface area contributed by atoms with E-state index in [4.69, 9.17) is 4.74 Å². The number of H-pyrrole nitrogens is 1. The first kappa shape index (κ1) is 13.8. The molecule has 0 aliphatic carbocycles. The standard InChI is InChI=1S/C15H13FN2O2S/c1-8-9(2)21-15-13(8)14(19)17-12(18-15)7-20-11-5-3-4-10(16)6-11/h3-6H,7H2,1-2H3,(H,17,18,19). The minimum absolute atomic E-state index is 0.0879. The molecule has 0 aliphatic heterocycles. The van der Waals surface area contributed by atoms with Gasteiger partial charge in [0.2, 0.25) is 0 Å². The molecule has 1 aromatic carbocycles. The maximum atomic E-state index is 13.1. The number of hydrogen-bond donors (Lipinski definition) is 1. The zero-order valence-electron chi connectivity index (χ0n) is 11.6. The molecule has 4 nitrogen and oxygen atoms in total. The molecule has 6 heteroatoms. The Balaban J connectivity index is 1.90. The lowest BCUT2D eigenvalue weighted by atomic mass is 10.2. The van der Waals surface area contributed by atoms with Crippen molar-refractivity contribution in [3.8, 4) is 5.75 Å². The van der Waals surface area contributed by atoms with Crippen molar-refractivity contribution < 1.29 is 9.13 Å². The third kappa shape index (κ3) is 2.67. The summed E-state index contributed by atoms with van der Waals surface area (Å²) in [4.78, 5) is 21.0. The Morgan fingerprint density at radius 2 is 2.19 bits per heavy atom. The van der Waals surface area contributed by atoms with Crippen molar-refractivity contribution in [3.63, 3.8) is 0 Å². The van der Waals surface area contributed by atoms with E-state index in [1.54, 1.807) is 12.1 Å². The summed E-state index contributed by atoms with van der Waals surface area (Å²) in [5.41, 5.74) is 0.793. The average Bonchev–Trinajstić information content (AvgIpc) is 2.72. The Kier molecular flexibility index (Phi) is 3.47. The van der Waals surface area contributed by atoms with Gasteiger partial charge < -0.3 is 9.72 Å². The molecule has 0 bridgehead atoms. The number of hydrogen-bond acceptors (Lipinski definition) is 4. The first-order valence-electron chi connectivity index (χ1n) is 6.42. The highest BCUT2D eigenvalue weighted by Gasteiger charge is 2.12. The second-order valence-electron chi connectivity index (χ2n) is 4.72. The van der Waals surface area contributed by atoms with Crippen LogP contribution in [0.3, 0.4) is 0 Å². The number of fused-ring (bicyclic) bond motifs is 1. The summed E-state index contributed by atoms with van der Waals surface area (Å²) in [5, 5.41) is 0.631. The maximum Gasteiger partial charge on any atom is 0.260 e. The molecule has 2 aromatic heterocycles. The number of nitrogens with zero attached hydrogens (tertiary/aromatic N) is 1. The van der Waals surface area contributed by atoms with Crippen molar-refractivity contribution in [3.05, 3.63) is 56.7 Å². The van der Waals surface area contributed by atoms with Crippen molar-refractivity contribution in [2.75, 3.05) is 0 Å². The Labute approximate surface area is 124 Å². The Morgan fingerprint density at radius 3 is 2.95 bits per heavy atom. The monoisotopic (exact) mass is 304 g/mol. The molecule has 0 fully saturated rings. The van der Waals surface area contributed by atoms with E-state index in [-0.39, 0.29) is 18.0 Å². The van der Waals surface area contributed by atoms with Gasteiger partial charge >= 0.3 is 0 Å². The van der Waals surface area contributed by atoms with Crippen molar-refractivity contribution in [2.24, 2.45) is 0 Å². The van der Waals surface area contributed by atoms with Crippen LogP contribution in [0.4, 0.5) is 4.39 Å². The zero-order chi connectivity index (χ0) is 15.0. The molecular weight excluding hydrogens is 291 g/mol. The van der Waals surface area contributed by atoms with Gasteiger partial charge in [-0.05, 0) is 31.5 Å². The molecule has 2 heterocycles. The van der Waals surface area contributed by atoms with Crippen LogP contribution in [-0.2, 0) is 6.61 Å². The molecule has 0 atom stereocenters. The molecular formula is C15H13FN2O2S. The van der Waals surface area contributed by atoms with Crippen molar-refractivity contribution in [2.45, 2.75) is 20.5 Å². The lowest BCUT2D eigenvalue weighted by Gasteiger charge is -2.05. The van der Waals surface area contributed by atoms with Crippen LogP contribution in [0.25, 0.3) is 10.2 Å². The lowest BCUT2D eigenvalue weighted by Crippen LogP contribution is -2.13. The van der Waals surface area contributed by atoms with E-state index in [0.717, 1.165) is 10.4 Å². The summed E-state index contributed by atoms with van der Waals surface area (Å²) < 4.78 is 18.5. The first-order chi connectivity index (χ1) is 10.0. The van der Waals surface area contributed by atoms with Crippen molar-refractivity contribution >= 4 is 21.6 Å². The molecule has 1 N–H and O–H groups in total. The SMILES string of the molecule is Cc1sc2nc(COc3cccc(F)c3)[nH]c(=O)c2c1C. The predicted octanol–water partition coefficient (Wildman–Crippen LogP) is 3.32. The highest BCUT2D eigenvalue weighted by molar-refractivity contribution is 7.18. The molecule has 0 amide bonds. The molecule has 0 radical (unpaired) electrons. The van der Waals surface area contributed by atoms with Crippen LogP contribution in [-0.4, -0.2) is 9.97 Å². The fraction of sp³-hybridized carbons (Fsp3) is 0.200. The summed E-state index contributed by atoms with van der Waals surface area (Å²) in [5.74, 6) is 0.461. The molecule has 0 saturated carbocycles. The van der Waals surface area contributed by atoms with Crippen LogP contribution in [0.2, 0.25) is 0 Å². The van der Waals surface area contributed by atoms with Gasteiger partial charge in [-0.25, -0.2) is 9.37 Å². The van der Waals surface area contributed by atoms with Gasteiger partial charge in [0.05, 0.1) is 5.39 Å². The minimum Gasteiger partial charge on any atom is -0.486 e. The van der Waals surface area contributed by atoms with E-state index in [0.29, 0.717) is 21.8 Å². The van der Waals surface area contributed by atoms with Crippen LogP contribution in [0.5, 0.6) is 5.75 Å². The Bertz CT molecular complexity index is 870. The van der Waals surface area contributed by atoms with E-state index < -0.39 is 0 Å². The number of aromatic nitrogens is 2. The van der Waals surface area contributed by atoms with Crippen LogP contribution >= 0.6 is 11.3 Å². The summed E-state index contributed by atoms with van der Waals surface area (Å²) in [7, 11) is 0. The van der Waals surface area contributed by atoms with E-state index in [9.17, 15) is 9.18 Å². The van der Waals surface area contributed by atoms with Crippen LogP contribution in [0.1, 0.15) is 16.3 Å². The van der Waals surface area contributed by atoms with Gasteiger partial charge in [0.1, 0.15) is 28.8 Å². The van der Waals surface area contributed by atoms with Crippen molar-refractivity contribution in [1.82, 2.24) is 9.97 Å². The van der Waals surface area contributed by atoms with Gasteiger partial charge in [0.15, 0.2) is 0 Å². The van der Waals surface area contributed by atoms with Gasteiger partial charge in [-0.2, -0.15) is 0 Å². The number of thiophene rings is 1. The second-order valence-corrected chi connectivity index (χ2v) is 5.93. The van der Waals surface area contributed by atoms with Crippen LogP contribution in [0, 0.1) is 19.7 Å². The smallest absolute Gasteiger partial charge is 0.260 e. The van der Waals surface area contributed by atoms with E-state index in [2.05, 4.69) is 9.97 Å². The predicted molar refractivity (Wildman–Crippen MR) is 80.4 cm³/mol. The molecule has 0 aliphatic rings. The third-order valence-corrected chi connectivity index (χ3v) is 4.36. The third-order valence-electron chi connectivity index (χ3n) is 3.26. The first-order valence-corrected chi connectivity index (χ1v) is 7.23. The van der Waals surface area contributed by atoms with Gasteiger partial charge in [-0.1, -0.05) is 6.07 Å².